The molecule has 3 nitrogen and oxygen atoms in total. The first-order valence-electron chi connectivity index (χ1n) is 8.62. The minimum absolute atomic E-state index is 0.106. The lowest BCUT2D eigenvalue weighted by Gasteiger charge is -2.37. The van der Waals surface area contributed by atoms with Crippen LogP contribution in [-0.2, 0) is 6.54 Å². The van der Waals surface area contributed by atoms with E-state index in [-0.39, 0.29) is 6.10 Å². The van der Waals surface area contributed by atoms with Gasteiger partial charge in [0.15, 0.2) is 0 Å². The highest BCUT2D eigenvalue weighted by Crippen LogP contribution is 2.38. The lowest BCUT2D eigenvalue weighted by molar-refractivity contribution is 0.0311. The Bertz CT molecular complexity index is 854. The molecule has 0 spiro atoms. The standard InChI is InChI=1S/C20H21NO2/c22-16-10-14-8-9-15(11-16)21(14)12-13-4-3-6-18-17-5-1-2-7-19(17)23-20(13)18/h1-7,14-16,22H,8-12H2/t14-,15+,16?. The van der Waals surface area contributed by atoms with Crippen LogP contribution in [0.5, 0.6) is 0 Å². The van der Waals surface area contributed by atoms with Gasteiger partial charge in [-0.1, -0.05) is 36.4 Å². The summed E-state index contributed by atoms with van der Waals surface area (Å²) in [6.07, 6.45) is 4.18. The van der Waals surface area contributed by atoms with Crippen molar-refractivity contribution in [2.24, 2.45) is 0 Å². The van der Waals surface area contributed by atoms with E-state index in [0.29, 0.717) is 12.1 Å². The first-order chi connectivity index (χ1) is 11.3. The topological polar surface area (TPSA) is 36.6 Å². The van der Waals surface area contributed by atoms with Crippen LogP contribution in [0.2, 0.25) is 0 Å². The number of para-hydroxylation sites is 2. The molecule has 1 N–H and O–H groups in total. The number of rotatable bonds is 2. The van der Waals surface area contributed by atoms with Crippen LogP contribution in [0.4, 0.5) is 0 Å². The zero-order valence-corrected chi connectivity index (χ0v) is 13.1. The van der Waals surface area contributed by atoms with Crippen LogP contribution in [0.15, 0.2) is 46.9 Å². The van der Waals surface area contributed by atoms with Crippen LogP contribution in [0.1, 0.15) is 31.2 Å². The maximum absolute atomic E-state index is 10.00. The van der Waals surface area contributed by atoms with Crippen molar-refractivity contribution >= 4 is 21.9 Å². The molecule has 2 saturated heterocycles. The largest absolute Gasteiger partial charge is 0.456 e. The molecule has 3 heteroatoms. The molecule has 1 unspecified atom stereocenters. The molecule has 0 saturated carbocycles. The number of hydrogen-bond donors (Lipinski definition) is 1. The first kappa shape index (κ1) is 13.6. The van der Waals surface area contributed by atoms with Crippen molar-refractivity contribution in [1.82, 2.24) is 4.90 Å². The zero-order chi connectivity index (χ0) is 15.4. The third kappa shape index (κ3) is 2.11. The first-order valence-corrected chi connectivity index (χ1v) is 8.62. The van der Waals surface area contributed by atoms with E-state index in [4.69, 9.17) is 4.42 Å². The van der Waals surface area contributed by atoms with E-state index >= 15 is 0 Å². The SMILES string of the molecule is OC1C[C@H]2CC[C@@H](C1)N2Cc1cccc2c1oc1ccccc12. The predicted molar refractivity (Wildman–Crippen MR) is 91.3 cm³/mol. The number of benzene rings is 2. The van der Waals surface area contributed by atoms with Gasteiger partial charge in [0, 0.05) is 35.0 Å². The number of piperidine rings is 1. The summed E-state index contributed by atoms with van der Waals surface area (Å²) in [6.45, 7) is 0.930. The van der Waals surface area contributed by atoms with Gasteiger partial charge in [-0.2, -0.15) is 0 Å². The third-order valence-corrected chi connectivity index (χ3v) is 5.70. The summed E-state index contributed by atoms with van der Waals surface area (Å²) in [4.78, 5) is 2.59. The van der Waals surface area contributed by atoms with Crippen molar-refractivity contribution in [3.8, 4) is 0 Å². The van der Waals surface area contributed by atoms with Gasteiger partial charge in [0.25, 0.3) is 0 Å². The summed E-state index contributed by atoms with van der Waals surface area (Å²) in [7, 11) is 0. The highest BCUT2D eigenvalue weighted by atomic mass is 16.3. The number of aliphatic hydroxyl groups is 1. The molecule has 3 aromatic rings. The Balaban J connectivity index is 1.56. The lowest BCUT2D eigenvalue weighted by Crippen LogP contribution is -2.44. The van der Waals surface area contributed by atoms with Gasteiger partial charge in [-0.3, -0.25) is 4.90 Å². The molecule has 5 rings (SSSR count). The highest BCUT2D eigenvalue weighted by molar-refractivity contribution is 6.05. The number of nitrogens with zero attached hydrogens (tertiary/aromatic N) is 1. The molecule has 0 radical (unpaired) electrons. The molecule has 3 atom stereocenters. The maximum atomic E-state index is 10.00. The van der Waals surface area contributed by atoms with E-state index in [9.17, 15) is 5.11 Å². The quantitative estimate of drug-likeness (QED) is 0.775. The van der Waals surface area contributed by atoms with Gasteiger partial charge in [-0.05, 0) is 31.7 Å². The molecular weight excluding hydrogens is 286 g/mol. The predicted octanol–water partition coefficient (Wildman–Crippen LogP) is 4.07. The number of fused-ring (bicyclic) bond motifs is 5. The number of furan rings is 1. The minimum atomic E-state index is -0.106. The molecule has 0 amide bonds. The van der Waals surface area contributed by atoms with Crippen molar-refractivity contribution in [2.45, 2.75) is 50.4 Å². The highest BCUT2D eigenvalue weighted by Gasteiger charge is 2.40. The van der Waals surface area contributed by atoms with Gasteiger partial charge in [-0.25, -0.2) is 0 Å². The van der Waals surface area contributed by atoms with Crippen molar-refractivity contribution < 1.29 is 9.52 Å². The van der Waals surface area contributed by atoms with Crippen LogP contribution in [0.25, 0.3) is 21.9 Å². The summed E-state index contributed by atoms with van der Waals surface area (Å²) in [5.41, 5.74) is 3.26. The van der Waals surface area contributed by atoms with E-state index in [0.717, 1.165) is 30.6 Å². The van der Waals surface area contributed by atoms with Gasteiger partial charge < -0.3 is 9.52 Å². The van der Waals surface area contributed by atoms with Crippen LogP contribution in [0, 0.1) is 0 Å². The van der Waals surface area contributed by atoms with Crippen molar-refractivity contribution in [2.75, 3.05) is 0 Å². The van der Waals surface area contributed by atoms with Gasteiger partial charge in [0.2, 0.25) is 0 Å². The molecule has 2 aliphatic heterocycles. The maximum Gasteiger partial charge on any atom is 0.139 e. The number of hydrogen-bond acceptors (Lipinski definition) is 3. The monoisotopic (exact) mass is 307 g/mol. The smallest absolute Gasteiger partial charge is 0.139 e. The Morgan fingerprint density at radius 2 is 1.70 bits per heavy atom. The molecule has 118 valence electrons. The molecule has 2 aliphatic rings. The average molecular weight is 307 g/mol. The molecule has 2 bridgehead atoms. The van der Waals surface area contributed by atoms with Crippen molar-refractivity contribution in [1.29, 1.82) is 0 Å². The normalized spacial score (nSPS) is 28.0. The van der Waals surface area contributed by atoms with Gasteiger partial charge in [-0.15, -0.1) is 0 Å². The van der Waals surface area contributed by atoms with Crippen LogP contribution >= 0.6 is 0 Å². The fourth-order valence-electron chi connectivity index (χ4n) is 4.63. The summed E-state index contributed by atoms with van der Waals surface area (Å²) in [5.74, 6) is 0. The van der Waals surface area contributed by atoms with Crippen LogP contribution < -0.4 is 0 Å². The Kier molecular flexibility index (Phi) is 3.00. The third-order valence-electron chi connectivity index (χ3n) is 5.70. The van der Waals surface area contributed by atoms with E-state index in [1.54, 1.807) is 0 Å². The Morgan fingerprint density at radius 3 is 2.52 bits per heavy atom. The Labute approximate surface area is 135 Å². The van der Waals surface area contributed by atoms with E-state index in [1.165, 1.54) is 29.2 Å². The molecule has 2 fully saturated rings. The summed E-state index contributed by atoms with van der Waals surface area (Å²) in [6, 6.07) is 15.8. The molecule has 23 heavy (non-hydrogen) atoms. The molecule has 1 aromatic heterocycles. The fourth-order valence-corrected chi connectivity index (χ4v) is 4.63. The minimum Gasteiger partial charge on any atom is -0.456 e. The van der Waals surface area contributed by atoms with Crippen LogP contribution in [0.3, 0.4) is 0 Å². The fraction of sp³-hybridized carbons (Fsp3) is 0.400. The van der Waals surface area contributed by atoms with E-state index in [1.807, 2.05) is 12.1 Å². The van der Waals surface area contributed by atoms with E-state index < -0.39 is 0 Å². The number of aliphatic hydroxyl groups excluding tert-OH is 1. The zero-order valence-electron chi connectivity index (χ0n) is 13.1. The summed E-state index contributed by atoms with van der Waals surface area (Å²) < 4.78 is 6.16. The molecule has 0 aliphatic carbocycles. The van der Waals surface area contributed by atoms with Gasteiger partial charge in [0.05, 0.1) is 6.10 Å². The Morgan fingerprint density at radius 1 is 0.957 bits per heavy atom. The molecular formula is C20H21NO2. The van der Waals surface area contributed by atoms with Gasteiger partial charge in [0.1, 0.15) is 11.2 Å². The summed E-state index contributed by atoms with van der Waals surface area (Å²) >= 11 is 0. The lowest BCUT2D eigenvalue weighted by atomic mass is 9.98. The average Bonchev–Trinajstić information content (AvgIpc) is 3.04. The van der Waals surface area contributed by atoms with E-state index in [2.05, 4.69) is 35.2 Å². The summed E-state index contributed by atoms with van der Waals surface area (Å²) in [5, 5.41) is 12.4. The second kappa shape index (κ2) is 5.08. The van der Waals surface area contributed by atoms with Crippen molar-refractivity contribution in [3.05, 3.63) is 48.0 Å². The van der Waals surface area contributed by atoms with Gasteiger partial charge >= 0.3 is 0 Å². The van der Waals surface area contributed by atoms with Crippen molar-refractivity contribution in [3.63, 3.8) is 0 Å². The van der Waals surface area contributed by atoms with Crippen LogP contribution in [-0.4, -0.2) is 28.2 Å². The second-order valence-electron chi connectivity index (χ2n) is 7.07. The molecule has 3 heterocycles. The molecule has 2 aromatic carbocycles. The Hall–Kier alpha value is -1.84. The second-order valence-corrected chi connectivity index (χ2v) is 7.07.